The number of nitrogens with one attached hydrogen (secondary N) is 1. The van der Waals surface area contributed by atoms with Crippen molar-refractivity contribution in [3.8, 4) is 5.75 Å². The number of ether oxygens (including phenoxy) is 2. The maximum Gasteiger partial charge on any atom is 0.261 e. The van der Waals surface area contributed by atoms with Gasteiger partial charge in [0, 0.05) is 28.2 Å². The standard InChI is InChI=1S/C33H37BrN2O5Si/c1-20-31(42(3,4)26-12-10-25(40-2)11-13-26)29(41-33(20)27-16-23(34)9-14-28(27)35-32(33)39)17-30(38)36-18-22-8-6-5-7-21(22)15-24(36)19-37/h5-14,16,20,24,29,31,37H,15,17-19H2,1-4H3,(H,35,39)/t20-,24+,29+,31-,33+/m1/s1. The van der Waals surface area contributed by atoms with Gasteiger partial charge in [-0.1, -0.05) is 77.5 Å². The van der Waals surface area contributed by atoms with E-state index in [4.69, 9.17) is 9.47 Å². The van der Waals surface area contributed by atoms with Gasteiger partial charge in [0.15, 0.2) is 5.60 Å². The average Bonchev–Trinajstić information content (AvgIpc) is 3.44. The van der Waals surface area contributed by atoms with Crippen LogP contribution in [0.1, 0.15) is 30.0 Å². The summed E-state index contributed by atoms with van der Waals surface area (Å²) in [5.74, 6) is 0.361. The molecule has 0 bridgehead atoms. The summed E-state index contributed by atoms with van der Waals surface area (Å²) in [6.07, 6.45) is 0.269. The van der Waals surface area contributed by atoms with E-state index in [9.17, 15) is 14.7 Å². The van der Waals surface area contributed by atoms with E-state index in [-0.39, 0.29) is 42.3 Å². The number of benzene rings is 3. The van der Waals surface area contributed by atoms with Crippen molar-refractivity contribution in [2.24, 2.45) is 5.92 Å². The second-order valence-electron chi connectivity index (χ2n) is 12.3. The van der Waals surface area contributed by atoms with Crippen molar-refractivity contribution in [1.29, 1.82) is 0 Å². The first-order valence-electron chi connectivity index (χ1n) is 14.5. The zero-order chi connectivity index (χ0) is 29.8. The van der Waals surface area contributed by atoms with Gasteiger partial charge in [-0.05, 0) is 53.4 Å². The minimum Gasteiger partial charge on any atom is -0.497 e. The maximum atomic E-state index is 14.1. The Balaban J connectivity index is 1.39. The van der Waals surface area contributed by atoms with E-state index in [0.717, 1.165) is 27.0 Å². The van der Waals surface area contributed by atoms with Crippen LogP contribution in [0, 0.1) is 5.92 Å². The van der Waals surface area contributed by atoms with Crippen LogP contribution in [0.2, 0.25) is 18.6 Å². The highest BCUT2D eigenvalue weighted by atomic mass is 79.9. The highest BCUT2D eigenvalue weighted by molar-refractivity contribution is 9.10. The van der Waals surface area contributed by atoms with Gasteiger partial charge in [0.05, 0.1) is 40.4 Å². The lowest BCUT2D eigenvalue weighted by atomic mass is 9.82. The molecule has 1 saturated heterocycles. The number of aliphatic hydroxyl groups excluding tert-OH is 1. The van der Waals surface area contributed by atoms with Crippen LogP contribution in [-0.2, 0) is 32.9 Å². The quantitative estimate of drug-likeness (QED) is 0.369. The Morgan fingerprint density at radius 2 is 1.86 bits per heavy atom. The van der Waals surface area contributed by atoms with Crippen LogP contribution in [0.4, 0.5) is 5.69 Å². The second-order valence-corrected chi connectivity index (χ2v) is 17.9. The largest absolute Gasteiger partial charge is 0.497 e. The number of aliphatic hydroxyl groups is 1. The van der Waals surface area contributed by atoms with Crippen molar-refractivity contribution in [3.05, 3.63) is 87.9 Å². The topological polar surface area (TPSA) is 88.1 Å². The van der Waals surface area contributed by atoms with E-state index >= 15 is 0 Å². The summed E-state index contributed by atoms with van der Waals surface area (Å²) in [6.45, 7) is 7.06. The molecule has 2 amide bonds. The second kappa shape index (κ2) is 10.9. The number of rotatable bonds is 6. The minimum atomic E-state index is -2.36. The van der Waals surface area contributed by atoms with E-state index in [1.807, 2.05) is 48.5 Å². The Morgan fingerprint density at radius 3 is 2.55 bits per heavy atom. The van der Waals surface area contributed by atoms with Gasteiger partial charge in [-0.25, -0.2) is 0 Å². The molecular weight excluding hydrogens is 612 g/mol. The molecule has 220 valence electrons. The van der Waals surface area contributed by atoms with E-state index in [0.29, 0.717) is 13.0 Å². The smallest absolute Gasteiger partial charge is 0.261 e. The lowest BCUT2D eigenvalue weighted by Gasteiger charge is -2.39. The van der Waals surface area contributed by atoms with Crippen LogP contribution >= 0.6 is 15.9 Å². The molecule has 0 aromatic heterocycles. The molecule has 0 radical (unpaired) electrons. The third-order valence-corrected chi connectivity index (χ3v) is 14.7. The summed E-state index contributed by atoms with van der Waals surface area (Å²) < 4.78 is 13.2. The van der Waals surface area contributed by atoms with Crippen LogP contribution in [0.3, 0.4) is 0 Å². The number of hydrogen-bond donors (Lipinski definition) is 2. The summed E-state index contributed by atoms with van der Waals surface area (Å²) in [5.41, 5.74) is 2.59. The number of nitrogens with zero attached hydrogens (tertiary/aromatic N) is 1. The van der Waals surface area contributed by atoms with E-state index in [2.05, 4.69) is 59.5 Å². The van der Waals surface area contributed by atoms with Crippen molar-refractivity contribution >= 4 is 46.7 Å². The molecular formula is C33H37BrN2O5Si. The normalized spacial score (nSPS) is 26.6. The van der Waals surface area contributed by atoms with Crippen molar-refractivity contribution in [2.45, 2.75) is 62.7 Å². The summed E-state index contributed by atoms with van der Waals surface area (Å²) in [5, 5.41) is 14.5. The molecule has 3 heterocycles. The molecule has 9 heteroatoms. The van der Waals surface area contributed by atoms with E-state index in [1.165, 1.54) is 10.8 Å². The zero-order valence-electron chi connectivity index (χ0n) is 24.4. The van der Waals surface area contributed by atoms with Gasteiger partial charge < -0.3 is 24.8 Å². The van der Waals surface area contributed by atoms with Crippen LogP contribution in [0.25, 0.3) is 0 Å². The highest BCUT2D eigenvalue weighted by Gasteiger charge is 2.65. The lowest BCUT2D eigenvalue weighted by molar-refractivity contribution is -0.149. The molecule has 1 fully saturated rings. The Morgan fingerprint density at radius 1 is 1.14 bits per heavy atom. The Hall–Kier alpha value is -2.98. The molecule has 7 nitrogen and oxygen atoms in total. The predicted molar refractivity (Wildman–Crippen MR) is 169 cm³/mol. The Labute approximate surface area is 256 Å². The van der Waals surface area contributed by atoms with Gasteiger partial charge in [0.25, 0.3) is 5.91 Å². The van der Waals surface area contributed by atoms with Gasteiger partial charge >= 0.3 is 0 Å². The fourth-order valence-electron chi connectivity index (χ4n) is 7.64. The number of hydrogen-bond acceptors (Lipinski definition) is 5. The van der Waals surface area contributed by atoms with Gasteiger partial charge in [0.2, 0.25) is 5.91 Å². The minimum absolute atomic E-state index is 0.0461. The first-order chi connectivity index (χ1) is 20.1. The summed E-state index contributed by atoms with van der Waals surface area (Å²) in [7, 11) is -0.702. The average molecular weight is 650 g/mol. The molecule has 1 spiro atoms. The highest BCUT2D eigenvalue weighted by Crippen LogP contribution is 2.59. The van der Waals surface area contributed by atoms with Crippen molar-refractivity contribution in [2.75, 3.05) is 19.0 Å². The molecule has 5 atom stereocenters. The van der Waals surface area contributed by atoms with E-state index in [1.54, 1.807) is 12.0 Å². The van der Waals surface area contributed by atoms with Crippen LogP contribution in [0.5, 0.6) is 5.75 Å². The van der Waals surface area contributed by atoms with Gasteiger partial charge in [0.1, 0.15) is 5.75 Å². The van der Waals surface area contributed by atoms with Crippen molar-refractivity contribution in [3.63, 3.8) is 0 Å². The molecule has 0 aliphatic carbocycles. The van der Waals surface area contributed by atoms with Crippen molar-refractivity contribution in [1.82, 2.24) is 4.90 Å². The number of carbonyl (C=O) groups is 2. The SMILES string of the molecule is COc1ccc([Si](C)(C)[C@H]2[C@H](CC(=O)N3Cc4ccccc4C[C@H]3CO)O[C@@]3(C(=O)Nc4ccc(Br)cc43)[C@@H]2C)cc1. The molecule has 3 aliphatic heterocycles. The molecule has 6 rings (SSSR count). The van der Waals surface area contributed by atoms with E-state index < -0.39 is 19.8 Å². The number of carbonyl (C=O) groups excluding carboxylic acids is 2. The molecule has 3 aromatic rings. The Bertz CT molecular complexity index is 1530. The summed E-state index contributed by atoms with van der Waals surface area (Å²) >= 11 is 3.59. The molecule has 42 heavy (non-hydrogen) atoms. The molecule has 3 aliphatic rings. The van der Waals surface area contributed by atoms with Crippen LogP contribution in [-0.4, -0.2) is 55.8 Å². The Kier molecular flexibility index (Phi) is 7.58. The lowest BCUT2D eigenvalue weighted by Crippen LogP contribution is -2.52. The first kappa shape index (κ1) is 29.1. The number of anilines is 1. The van der Waals surface area contributed by atoms with Gasteiger partial charge in [-0.3, -0.25) is 9.59 Å². The summed E-state index contributed by atoms with van der Waals surface area (Å²) in [6, 6.07) is 21.8. The van der Waals surface area contributed by atoms with Crippen LogP contribution < -0.4 is 15.2 Å². The molecule has 2 N–H and O–H groups in total. The predicted octanol–water partition coefficient (Wildman–Crippen LogP) is 4.96. The van der Waals surface area contributed by atoms with Gasteiger partial charge in [-0.2, -0.15) is 0 Å². The monoisotopic (exact) mass is 648 g/mol. The first-order valence-corrected chi connectivity index (χ1v) is 18.4. The number of amides is 2. The number of halogens is 1. The molecule has 0 saturated carbocycles. The number of fused-ring (bicyclic) bond motifs is 3. The third kappa shape index (κ3) is 4.61. The molecule has 0 unspecified atom stereocenters. The maximum absolute atomic E-state index is 14.1. The number of methoxy groups -OCH3 is 1. The fraction of sp³-hybridized carbons (Fsp3) is 0.394. The van der Waals surface area contributed by atoms with Gasteiger partial charge in [-0.15, -0.1) is 0 Å². The fourth-order valence-corrected chi connectivity index (χ4v) is 12.0. The van der Waals surface area contributed by atoms with Crippen LogP contribution in [0.15, 0.2) is 71.2 Å². The summed E-state index contributed by atoms with van der Waals surface area (Å²) in [4.78, 5) is 29.8. The van der Waals surface area contributed by atoms with Crippen molar-refractivity contribution < 1.29 is 24.2 Å². The zero-order valence-corrected chi connectivity index (χ0v) is 27.0. The third-order valence-electron chi connectivity index (χ3n) is 9.81. The molecule has 3 aromatic carbocycles.